The number of nitrogens with zero attached hydrogens (tertiary/aromatic N) is 2. The summed E-state index contributed by atoms with van der Waals surface area (Å²) in [5.41, 5.74) is 1.16. The molecule has 1 aliphatic heterocycles. The minimum atomic E-state index is -0.456. The lowest BCUT2D eigenvalue weighted by molar-refractivity contribution is -0.384. The molecule has 2 aromatic rings. The Kier molecular flexibility index (Phi) is 3.50. The normalized spacial score (nSPS) is 13.3. The molecule has 1 aliphatic rings. The van der Waals surface area contributed by atoms with Gasteiger partial charge in [0.05, 0.1) is 17.6 Å². The van der Waals surface area contributed by atoms with Gasteiger partial charge in [0, 0.05) is 17.1 Å². The van der Waals surface area contributed by atoms with Crippen molar-refractivity contribution in [2.24, 2.45) is 0 Å². The fourth-order valence-corrected chi connectivity index (χ4v) is 3.03. The molecule has 0 radical (unpaired) electrons. The molecule has 2 heterocycles. The van der Waals surface area contributed by atoms with Gasteiger partial charge in [-0.1, -0.05) is 15.9 Å². The van der Waals surface area contributed by atoms with Gasteiger partial charge in [-0.2, -0.15) is 0 Å². The van der Waals surface area contributed by atoms with Crippen molar-refractivity contribution in [2.75, 3.05) is 11.4 Å². The molecule has 108 valence electrons. The average molecular weight is 351 g/mol. The maximum Gasteiger partial charge on any atom is 0.294 e. The SMILES string of the molecule is O=C(Cc1ccco1)N1CCc2cc(Br)cc([N+](=O)[O-])c21. The zero-order valence-corrected chi connectivity index (χ0v) is 12.5. The molecule has 1 aromatic carbocycles. The van der Waals surface area contributed by atoms with Crippen molar-refractivity contribution >= 4 is 33.2 Å². The van der Waals surface area contributed by atoms with Gasteiger partial charge in [0.2, 0.25) is 5.91 Å². The maximum atomic E-state index is 12.4. The van der Waals surface area contributed by atoms with Crippen LogP contribution < -0.4 is 4.90 Å². The fraction of sp³-hybridized carbons (Fsp3) is 0.214. The predicted molar refractivity (Wildman–Crippen MR) is 79.3 cm³/mol. The summed E-state index contributed by atoms with van der Waals surface area (Å²) in [6.45, 7) is 0.451. The standard InChI is InChI=1S/C14H11BrN2O4/c15-10-6-9-3-4-16(14(9)12(7-10)17(19)20)13(18)8-11-2-1-5-21-11/h1-2,5-7H,3-4,8H2. The maximum absolute atomic E-state index is 12.4. The van der Waals surface area contributed by atoms with Gasteiger partial charge in [-0.15, -0.1) is 0 Å². The van der Waals surface area contributed by atoms with Crippen molar-refractivity contribution in [1.82, 2.24) is 0 Å². The molecule has 6 nitrogen and oxygen atoms in total. The molecule has 1 amide bonds. The zero-order chi connectivity index (χ0) is 15.0. The molecule has 0 spiro atoms. The lowest BCUT2D eigenvalue weighted by Crippen LogP contribution is -2.30. The van der Waals surface area contributed by atoms with Crippen LogP contribution in [-0.2, 0) is 17.6 Å². The molecule has 0 saturated carbocycles. The average Bonchev–Trinajstić information content (AvgIpc) is 3.06. The van der Waals surface area contributed by atoms with E-state index in [1.807, 2.05) is 6.07 Å². The number of rotatable bonds is 3. The second-order valence-electron chi connectivity index (χ2n) is 4.74. The van der Waals surface area contributed by atoms with Crippen LogP contribution >= 0.6 is 15.9 Å². The van der Waals surface area contributed by atoms with Crippen LogP contribution in [0.25, 0.3) is 0 Å². The first-order valence-corrected chi connectivity index (χ1v) is 7.15. The molecule has 0 unspecified atom stereocenters. The van der Waals surface area contributed by atoms with E-state index in [0.29, 0.717) is 28.9 Å². The number of fused-ring (bicyclic) bond motifs is 1. The molecule has 0 atom stereocenters. The molecular formula is C14H11BrN2O4. The molecule has 0 saturated heterocycles. The second-order valence-corrected chi connectivity index (χ2v) is 5.66. The number of furan rings is 1. The number of hydrogen-bond acceptors (Lipinski definition) is 4. The number of benzene rings is 1. The van der Waals surface area contributed by atoms with E-state index in [-0.39, 0.29) is 18.0 Å². The first-order valence-electron chi connectivity index (χ1n) is 6.36. The van der Waals surface area contributed by atoms with Gasteiger partial charge in [-0.3, -0.25) is 14.9 Å². The highest BCUT2D eigenvalue weighted by Gasteiger charge is 2.32. The van der Waals surface area contributed by atoms with Crippen LogP contribution in [0.4, 0.5) is 11.4 Å². The number of carbonyl (C=O) groups excluding carboxylic acids is 1. The first kappa shape index (κ1) is 13.8. The van der Waals surface area contributed by atoms with Crippen molar-refractivity contribution < 1.29 is 14.1 Å². The summed E-state index contributed by atoms with van der Waals surface area (Å²) < 4.78 is 5.81. The van der Waals surface area contributed by atoms with Crippen LogP contribution in [0.5, 0.6) is 0 Å². The largest absolute Gasteiger partial charge is 0.469 e. The van der Waals surface area contributed by atoms with Gasteiger partial charge < -0.3 is 9.32 Å². The van der Waals surface area contributed by atoms with Crippen LogP contribution in [0.1, 0.15) is 11.3 Å². The predicted octanol–water partition coefficient (Wildman–Crippen LogP) is 3.08. The third-order valence-corrected chi connectivity index (χ3v) is 3.87. The zero-order valence-electron chi connectivity index (χ0n) is 10.9. The molecular weight excluding hydrogens is 340 g/mol. The fourth-order valence-electron chi connectivity index (χ4n) is 2.53. The molecule has 0 N–H and O–H groups in total. The molecule has 0 aliphatic carbocycles. The molecule has 0 fully saturated rings. The van der Waals surface area contributed by atoms with Crippen LogP contribution in [0.15, 0.2) is 39.4 Å². The van der Waals surface area contributed by atoms with E-state index in [1.165, 1.54) is 17.2 Å². The van der Waals surface area contributed by atoms with Crippen LogP contribution in [-0.4, -0.2) is 17.4 Å². The van der Waals surface area contributed by atoms with Crippen LogP contribution in [0.2, 0.25) is 0 Å². The lowest BCUT2D eigenvalue weighted by Gasteiger charge is -2.16. The van der Waals surface area contributed by atoms with Gasteiger partial charge >= 0.3 is 0 Å². The minimum absolute atomic E-state index is 0.0512. The number of anilines is 1. The number of halogens is 1. The lowest BCUT2D eigenvalue weighted by atomic mass is 10.1. The number of hydrogen-bond donors (Lipinski definition) is 0. The smallest absolute Gasteiger partial charge is 0.294 e. The highest BCUT2D eigenvalue weighted by Crippen LogP contribution is 2.39. The van der Waals surface area contributed by atoms with Gasteiger partial charge in [-0.05, 0) is 30.2 Å². The molecule has 1 aromatic heterocycles. The topological polar surface area (TPSA) is 76.6 Å². The Balaban J connectivity index is 1.95. The summed E-state index contributed by atoms with van der Waals surface area (Å²) in [6.07, 6.45) is 2.21. The van der Waals surface area contributed by atoms with Crippen molar-refractivity contribution in [1.29, 1.82) is 0 Å². The number of carbonyl (C=O) groups is 1. The molecule has 3 rings (SSSR count). The van der Waals surface area contributed by atoms with E-state index in [2.05, 4.69) is 15.9 Å². The van der Waals surface area contributed by atoms with Crippen molar-refractivity contribution in [3.63, 3.8) is 0 Å². The second kappa shape index (κ2) is 5.33. The molecule has 21 heavy (non-hydrogen) atoms. The van der Waals surface area contributed by atoms with Crippen molar-refractivity contribution in [2.45, 2.75) is 12.8 Å². The Morgan fingerprint density at radius 2 is 2.29 bits per heavy atom. The van der Waals surface area contributed by atoms with Gasteiger partial charge in [-0.25, -0.2) is 0 Å². The van der Waals surface area contributed by atoms with E-state index >= 15 is 0 Å². The Labute approximate surface area is 128 Å². The summed E-state index contributed by atoms with van der Waals surface area (Å²) in [6, 6.07) is 6.67. The van der Waals surface area contributed by atoms with Gasteiger partial charge in [0.25, 0.3) is 5.69 Å². The quantitative estimate of drug-likeness (QED) is 0.629. The number of amides is 1. The van der Waals surface area contributed by atoms with E-state index < -0.39 is 4.92 Å². The monoisotopic (exact) mass is 350 g/mol. The van der Waals surface area contributed by atoms with E-state index in [9.17, 15) is 14.9 Å². The molecule has 7 heteroatoms. The van der Waals surface area contributed by atoms with E-state index in [4.69, 9.17) is 4.42 Å². The van der Waals surface area contributed by atoms with Crippen LogP contribution in [0.3, 0.4) is 0 Å². The summed E-state index contributed by atoms with van der Waals surface area (Å²) >= 11 is 3.27. The van der Waals surface area contributed by atoms with Gasteiger partial charge in [0.1, 0.15) is 11.4 Å². The van der Waals surface area contributed by atoms with Crippen molar-refractivity contribution in [3.8, 4) is 0 Å². The highest BCUT2D eigenvalue weighted by molar-refractivity contribution is 9.10. The summed E-state index contributed by atoms with van der Waals surface area (Å²) in [5, 5.41) is 11.2. The van der Waals surface area contributed by atoms with E-state index in [1.54, 1.807) is 12.1 Å². The summed E-state index contributed by atoms with van der Waals surface area (Å²) in [7, 11) is 0. The van der Waals surface area contributed by atoms with Crippen LogP contribution in [0, 0.1) is 10.1 Å². The summed E-state index contributed by atoms with van der Waals surface area (Å²) in [5.74, 6) is 0.349. The Bertz CT molecular complexity index is 712. The molecule has 0 bridgehead atoms. The minimum Gasteiger partial charge on any atom is -0.469 e. The number of nitro groups is 1. The highest BCUT2D eigenvalue weighted by atomic mass is 79.9. The van der Waals surface area contributed by atoms with Crippen molar-refractivity contribution in [3.05, 3.63) is 56.4 Å². The third-order valence-electron chi connectivity index (χ3n) is 3.41. The number of nitro benzene ring substituents is 1. The van der Waals surface area contributed by atoms with E-state index in [0.717, 1.165) is 5.56 Å². The third kappa shape index (κ3) is 2.56. The summed E-state index contributed by atoms with van der Waals surface area (Å²) in [4.78, 5) is 24.6. The Morgan fingerprint density at radius 1 is 1.48 bits per heavy atom. The Morgan fingerprint density at radius 3 is 2.95 bits per heavy atom. The first-order chi connectivity index (χ1) is 10.1. The van der Waals surface area contributed by atoms with Gasteiger partial charge in [0.15, 0.2) is 0 Å². The Hall–Kier alpha value is -2.15.